The maximum atomic E-state index is 13.5. The number of carbonyl (C=O) groups is 1. The van der Waals surface area contributed by atoms with Crippen molar-refractivity contribution in [2.75, 3.05) is 18.2 Å². The number of carbonyl (C=O) groups excluding carboxylic acids is 1. The fraction of sp³-hybridized carbons (Fsp3) is 0.214. The molecule has 1 amide bonds. The third kappa shape index (κ3) is 3.40. The highest BCUT2D eigenvalue weighted by atomic mass is 19.1. The topological polar surface area (TPSA) is 99.2 Å². The van der Waals surface area contributed by atoms with Crippen molar-refractivity contribution in [3.05, 3.63) is 46.1 Å². The lowest BCUT2D eigenvalue weighted by molar-refractivity contribution is -0.116. The number of methoxy groups -OCH3 is 1. The van der Waals surface area contributed by atoms with Gasteiger partial charge in [-0.1, -0.05) is 0 Å². The van der Waals surface area contributed by atoms with Gasteiger partial charge in [0.05, 0.1) is 7.11 Å². The minimum atomic E-state index is -0.603. The van der Waals surface area contributed by atoms with Gasteiger partial charge >= 0.3 is 0 Å². The quantitative estimate of drug-likeness (QED) is 0.875. The monoisotopic (exact) mass is 306 g/mol. The highest BCUT2D eigenvalue weighted by molar-refractivity contribution is 5.90. The molecule has 8 heteroatoms. The molecule has 0 aliphatic heterocycles. The molecule has 0 radical (unpaired) electrons. The summed E-state index contributed by atoms with van der Waals surface area (Å²) in [5, 5.41) is 2.47. The zero-order valence-electron chi connectivity index (χ0n) is 12.1. The van der Waals surface area contributed by atoms with Crippen LogP contribution in [-0.4, -0.2) is 22.6 Å². The molecule has 0 bridgehead atoms. The molecule has 22 heavy (non-hydrogen) atoms. The molecule has 0 saturated carbocycles. The van der Waals surface area contributed by atoms with Gasteiger partial charge in [-0.25, -0.2) is 9.37 Å². The highest BCUT2D eigenvalue weighted by Crippen LogP contribution is 2.20. The maximum absolute atomic E-state index is 13.5. The fourth-order valence-electron chi connectivity index (χ4n) is 1.89. The van der Waals surface area contributed by atoms with E-state index in [-0.39, 0.29) is 23.9 Å². The second kappa shape index (κ2) is 6.25. The number of anilines is 2. The van der Waals surface area contributed by atoms with Crippen molar-refractivity contribution in [3.63, 3.8) is 0 Å². The first-order valence-corrected chi connectivity index (χ1v) is 6.38. The summed E-state index contributed by atoms with van der Waals surface area (Å²) in [4.78, 5) is 27.6. The zero-order chi connectivity index (χ0) is 16.3. The van der Waals surface area contributed by atoms with Crippen molar-refractivity contribution in [1.82, 2.24) is 9.55 Å². The van der Waals surface area contributed by atoms with Gasteiger partial charge in [-0.05, 0) is 19.1 Å². The highest BCUT2D eigenvalue weighted by Gasteiger charge is 2.11. The Labute approximate surface area is 125 Å². The van der Waals surface area contributed by atoms with E-state index >= 15 is 0 Å². The van der Waals surface area contributed by atoms with Crippen LogP contribution in [0.25, 0.3) is 0 Å². The molecule has 0 fully saturated rings. The van der Waals surface area contributed by atoms with E-state index in [2.05, 4.69) is 10.3 Å². The molecule has 0 aliphatic rings. The van der Waals surface area contributed by atoms with Crippen molar-refractivity contribution >= 4 is 17.5 Å². The van der Waals surface area contributed by atoms with Gasteiger partial charge in [-0.2, -0.15) is 0 Å². The Balaban J connectivity index is 2.14. The summed E-state index contributed by atoms with van der Waals surface area (Å²) in [5.41, 5.74) is 5.91. The molecule has 0 saturated heterocycles. The Morgan fingerprint density at radius 1 is 1.45 bits per heavy atom. The lowest BCUT2D eigenvalue weighted by Gasteiger charge is -2.10. The lowest BCUT2D eigenvalue weighted by atomic mass is 10.3. The van der Waals surface area contributed by atoms with E-state index in [1.165, 1.54) is 25.3 Å². The first kappa shape index (κ1) is 15.5. The summed E-state index contributed by atoms with van der Waals surface area (Å²) in [6.07, 6.45) is 0. The summed E-state index contributed by atoms with van der Waals surface area (Å²) in [5.74, 6) is -1.11. The van der Waals surface area contributed by atoms with Gasteiger partial charge < -0.3 is 15.8 Å². The van der Waals surface area contributed by atoms with Gasteiger partial charge in [0.2, 0.25) is 11.9 Å². The predicted molar refractivity (Wildman–Crippen MR) is 79.2 cm³/mol. The van der Waals surface area contributed by atoms with Crippen LogP contribution in [-0.2, 0) is 11.3 Å². The van der Waals surface area contributed by atoms with Crippen LogP contribution >= 0.6 is 0 Å². The Hall–Kier alpha value is -2.90. The average molecular weight is 306 g/mol. The summed E-state index contributed by atoms with van der Waals surface area (Å²) in [6, 6.07) is 5.27. The number of nitrogen functional groups attached to an aromatic ring is 1. The van der Waals surface area contributed by atoms with Crippen LogP contribution in [0.4, 0.5) is 16.0 Å². The lowest BCUT2D eigenvalue weighted by Crippen LogP contribution is -2.30. The number of nitrogens with two attached hydrogens (primary N) is 1. The molecule has 0 aliphatic carbocycles. The molecule has 2 rings (SSSR count). The SMILES string of the molecule is COc1ccc(NC(=O)Cn2c(N)nc(C)cc2=O)cc1F. The summed E-state index contributed by atoms with van der Waals surface area (Å²) in [7, 11) is 1.34. The predicted octanol–water partition coefficient (Wildman–Crippen LogP) is 0.920. The minimum Gasteiger partial charge on any atom is -0.494 e. The van der Waals surface area contributed by atoms with Gasteiger partial charge in [-0.3, -0.25) is 14.2 Å². The first-order valence-electron chi connectivity index (χ1n) is 6.38. The van der Waals surface area contributed by atoms with E-state index < -0.39 is 17.3 Å². The van der Waals surface area contributed by atoms with Gasteiger partial charge in [0.1, 0.15) is 6.54 Å². The number of rotatable bonds is 4. The summed E-state index contributed by atoms with van der Waals surface area (Å²) < 4.78 is 19.4. The largest absolute Gasteiger partial charge is 0.494 e. The number of nitrogens with one attached hydrogen (secondary N) is 1. The molecule has 2 aromatic rings. The summed E-state index contributed by atoms with van der Waals surface area (Å²) in [6.45, 7) is 1.31. The van der Waals surface area contributed by atoms with Crippen LogP contribution in [0.5, 0.6) is 5.75 Å². The summed E-state index contributed by atoms with van der Waals surface area (Å²) >= 11 is 0. The van der Waals surface area contributed by atoms with Gasteiger partial charge in [0.15, 0.2) is 11.6 Å². The Kier molecular flexibility index (Phi) is 4.40. The molecular weight excluding hydrogens is 291 g/mol. The van der Waals surface area contributed by atoms with E-state index in [9.17, 15) is 14.0 Å². The third-order valence-corrected chi connectivity index (χ3v) is 2.90. The van der Waals surface area contributed by atoms with Crippen LogP contribution in [0.15, 0.2) is 29.1 Å². The number of hydrogen-bond donors (Lipinski definition) is 2. The number of aryl methyl sites for hydroxylation is 1. The van der Waals surface area contributed by atoms with Crippen LogP contribution in [0.1, 0.15) is 5.69 Å². The van der Waals surface area contributed by atoms with Crippen LogP contribution in [0.2, 0.25) is 0 Å². The third-order valence-electron chi connectivity index (χ3n) is 2.90. The standard InChI is InChI=1S/C14H15FN4O3/c1-8-5-13(21)19(14(16)17-8)7-12(20)18-9-3-4-11(22-2)10(15)6-9/h3-6H,7H2,1-2H3,(H2,16,17)(H,18,20). The molecule has 1 aromatic heterocycles. The molecule has 1 heterocycles. The van der Waals surface area contributed by atoms with Crippen LogP contribution < -0.4 is 21.3 Å². The normalized spacial score (nSPS) is 10.3. The Morgan fingerprint density at radius 2 is 2.18 bits per heavy atom. The van der Waals surface area contributed by atoms with Crippen molar-refractivity contribution in [2.45, 2.75) is 13.5 Å². The second-order valence-electron chi connectivity index (χ2n) is 4.58. The first-order chi connectivity index (χ1) is 10.4. The van der Waals surface area contributed by atoms with Gasteiger partial charge in [0, 0.05) is 23.5 Å². The zero-order valence-corrected chi connectivity index (χ0v) is 12.1. The average Bonchev–Trinajstić information content (AvgIpc) is 2.43. The van der Waals surface area contributed by atoms with E-state index in [4.69, 9.17) is 10.5 Å². The van der Waals surface area contributed by atoms with Gasteiger partial charge in [0.25, 0.3) is 5.56 Å². The number of ether oxygens (including phenoxy) is 1. The molecule has 0 spiro atoms. The smallest absolute Gasteiger partial charge is 0.255 e. The molecule has 116 valence electrons. The number of halogens is 1. The maximum Gasteiger partial charge on any atom is 0.255 e. The number of amides is 1. The molecule has 7 nitrogen and oxygen atoms in total. The van der Waals surface area contributed by atoms with Gasteiger partial charge in [-0.15, -0.1) is 0 Å². The van der Waals surface area contributed by atoms with Crippen molar-refractivity contribution in [2.24, 2.45) is 0 Å². The Morgan fingerprint density at radius 3 is 2.77 bits per heavy atom. The molecule has 3 N–H and O–H groups in total. The Bertz CT molecular complexity index is 773. The minimum absolute atomic E-state index is 0.0546. The van der Waals surface area contributed by atoms with E-state index in [0.717, 1.165) is 10.6 Å². The molecule has 0 atom stereocenters. The van der Waals surface area contributed by atoms with Crippen molar-refractivity contribution in [1.29, 1.82) is 0 Å². The molecule has 1 aromatic carbocycles. The van der Waals surface area contributed by atoms with Crippen molar-refractivity contribution in [3.8, 4) is 5.75 Å². The second-order valence-corrected chi connectivity index (χ2v) is 4.58. The van der Waals surface area contributed by atoms with Crippen LogP contribution in [0.3, 0.4) is 0 Å². The molecule has 0 unspecified atom stereocenters. The van der Waals surface area contributed by atoms with Crippen molar-refractivity contribution < 1.29 is 13.9 Å². The van der Waals surface area contributed by atoms with E-state index in [1.807, 2.05) is 0 Å². The number of benzene rings is 1. The number of nitrogens with zero attached hydrogens (tertiary/aromatic N) is 2. The fourth-order valence-corrected chi connectivity index (χ4v) is 1.89. The number of hydrogen-bond acceptors (Lipinski definition) is 5. The number of aromatic nitrogens is 2. The molecular formula is C14H15FN4O3. The van der Waals surface area contributed by atoms with Crippen LogP contribution in [0, 0.1) is 12.7 Å². The van der Waals surface area contributed by atoms with E-state index in [1.54, 1.807) is 6.92 Å². The van der Waals surface area contributed by atoms with E-state index in [0.29, 0.717) is 5.69 Å².